The molecule has 0 radical (unpaired) electrons. The fourth-order valence-corrected chi connectivity index (χ4v) is 3.09. The molecule has 0 amide bonds. The van der Waals surface area contributed by atoms with E-state index in [-0.39, 0.29) is 23.9 Å². The lowest BCUT2D eigenvalue weighted by molar-refractivity contribution is 0.0144. The summed E-state index contributed by atoms with van der Waals surface area (Å²) in [5.41, 5.74) is 1.03. The fraction of sp³-hybridized carbons (Fsp3) is 0.867. The van der Waals surface area contributed by atoms with E-state index >= 15 is 0 Å². The van der Waals surface area contributed by atoms with Gasteiger partial charge < -0.3 is 14.3 Å². The molecule has 1 aliphatic rings. The maximum atomic E-state index is 9.12. The third-order valence-corrected chi connectivity index (χ3v) is 8.95. The number of hydrogen-bond acceptors (Lipinski definition) is 3. The first-order valence-corrected chi connectivity index (χ1v) is 10.2. The van der Waals surface area contributed by atoms with Crippen LogP contribution in [0.1, 0.15) is 40.0 Å². The van der Waals surface area contributed by atoms with Crippen molar-refractivity contribution in [1.82, 2.24) is 0 Å². The van der Waals surface area contributed by atoms with Crippen molar-refractivity contribution in [2.75, 3.05) is 13.2 Å². The van der Waals surface area contributed by atoms with Crippen molar-refractivity contribution in [3.8, 4) is 0 Å². The van der Waals surface area contributed by atoms with Crippen LogP contribution in [-0.2, 0) is 9.16 Å². The normalized spacial score (nSPS) is 25.1. The van der Waals surface area contributed by atoms with E-state index in [4.69, 9.17) is 14.3 Å². The first-order valence-electron chi connectivity index (χ1n) is 7.25. The molecule has 1 N–H and O–H groups in total. The molecule has 1 aliphatic heterocycles. The average Bonchev–Trinajstić information content (AvgIpc) is 2.64. The van der Waals surface area contributed by atoms with Crippen LogP contribution < -0.4 is 0 Å². The Bertz CT molecular complexity index is 307. The summed E-state index contributed by atoms with van der Waals surface area (Å²) in [7, 11) is -1.61. The lowest BCUT2D eigenvalue weighted by Crippen LogP contribution is -2.41. The Hall–Kier alpha value is -0.163. The second-order valence-corrected chi connectivity index (χ2v) is 11.9. The molecular weight excluding hydrogens is 256 g/mol. The van der Waals surface area contributed by atoms with Crippen LogP contribution in [0, 0.1) is 0 Å². The second kappa shape index (κ2) is 6.53. The summed E-state index contributed by atoms with van der Waals surface area (Å²) in [5.74, 6) is 0. The van der Waals surface area contributed by atoms with Crippen LogP contribution in [0.25, 0.3) is 0 Å². The molecule has 3 nitrogen and oxygen atoms in total. The molecule has 0 aliphatic carbocycles. The van der Waals surface area contributed by atoms with E-state index in [1.54, 1.807) is 0 Å². The van der Waals surface area contributed by atoms with Crippen LogP contribution >= 0.6 is 0 Å². The third kappa shape index (κ3) is 4.70. The molecule has 0 unspecified atom stereocenters. The summed E-state index contributed by atoms with van der Waals surface area (Å²) in [5, 5.41) is 9.39. The number of hydrogen-bond donors (Lipinski definition) is 1. The maximum Gasteiger partial charge on any atom is 0.191 e. The zero-order valence-corrected chi connectivity index (χ0v) is 14.2. The Morgan fingerprint density at radius 1 is 1.42 bits per heavy atom. The van der Waals surface area contributed by atoms with Crippen molar-refractivity contribution < 1.29 is 14.3 Å². The second-order valence-electron chi connectivity index (χ2n) is 7.04. The zero-order valence-electron chi connectivity index (χ0n) is 13.2. The van der Waals surface area contributed by atoms with Crippen LogP contribution in [-0.4, -0.2) is 38.8 Å². The van der Waals surface area contributed by atoms with Crippen LogP contribution in [0.3, 0.4) is 0 Å². The summed E-state index contributed by atoms with van der Waals surface area (Å²) < 4.78 is 11.9. The van der Waals surface area contributed by atoms with Crippen molar-refractivity contribution in [3.05, 3.63) is 12.2 Å². The standard InChI is InChI=1S/C15H30O3Si/c1-12-10-13(18-14(12)11-16)8-7-9-17-19(5,6)15(2,3)4/h13-14,16H,1,7-11H2,2-6H3/t13-,14-/m0/s1. The minimum Gasteiger partial charge on any atom is -0.417 e. The molecule has 1 saturated heterocycles. The van der Waals surface area contributed by atoms with Gasteiger partial charge in [-0.1, -0.05) is 27.4 Å². The SMILES string of the molecule is C=C1C[C@H](CCCO[Si](C)(C)C(C)(C)C)O[C@H]1CO. The molecule has 0 aromatic heterocycles. The minimum absolute atomic E-state index is 0.0514. The molecule has 1 rings (SSSR count). The van der Waals surface area contributed by atoms with Crippen LogP contribution in [0.5, 0.6) is 0 Å². The fourth-order valence-electron chi connectivity index (χ4n) is 2.00. The van der Waals surface area contributed by atoms with E-state index in [2.05, 4.69) is 40.4 Å². The first-order chi connectivity index (χ1) is 8.67. The minimum atomic E-state index is -1.61. The molecule has 19 heavy (non-hydrogen) atoms. The van der Waals surface area contributed by atoms with E-state index in [1.807, 2.05) is 0 Å². The Morgan fingerprint density at radius 2 is 2.05 bits per heavy atom. The molecular formula is C15H30O3Si. The van der Waals surface area contributed by atoms with E-state index in [9.17, 15) is 0 Å². The van der Waals surface area contributed by atoms with Crippen molar-refractivity contribution in [2.24, 2.45) is 0 Å². The highest BCUT2D eigenvalue weighted by Crippen LogP contribution is 2.36. The molecule has 1 fully saturated rings. The Kier molecular flexibility index (Phi) is 5.80. The van der Waals surface area contributed by atoms with Gasteiger partial charge in [0.2, 0.25) is 0 Å². The quantitative estimate of drug-likeness (QED) is 0.461. The molecule has 1 heterocycles. The van der Waals surface area contributed by atoms with Gasteiger partial charge in [0.25, 0.3) is 0 Å². The Labute approximate surface area is 119 Å². The Balaban J connectivity index is 2.24. The zero-order chi connectivity index (χ0) is 14.7. The van der Waals surface area contributed by atoms with Gasteiger partial charge in [-0.05, 0) is 43.0 Å². The number of aliphatic hydroxyl groups excluding tert-OH is 1. The predicted molar refractivity (Wildman–Crippen MR) is 81.9 cm³/mol. The lowest BCUT2D eigenvalue weighted by Gasteiger charge is -2.36. The van der Waals surface area contributed by atoms with Crippen molar-refractivity contribution in [2.45, 2.75) is 70.4 Å². The Morgan fingerprint density at radius 3 is 2.53 bits per heavy atom. The summed E-state index contributed by atoms with van der Waals surface area (Å²) in [6.07, 6.45) is 2.96. The monoisotopic (exact) mass is 286 g/mol. The highest BCUT2D eigenvalue weighted by Gasteiger charge is 2.37. The van der Waals surface area contributed by atoms with Crippen molar-refractivity contribution in [1.29, 1.82) is 0 Å². The van der Waals surface area contributed by atoms with Gasteiger partial charge in [-0.25, -0.2) is 0 Å². The van der Waals surface area contributed by atoms with Crippen molar-refractivity contribution in [3.63, 3.8) is 0 Å². The molecule has 2 atom stereocenters. The number of rotatable bonds is 6. The van der Waals surface area contributed by atoms with Gasteiger partial charge >= 0.3 is 0 Å². The molecule has 4 heteroatoms. The molecule has 0 bridgehead atoms. The molecule has 112 valence electrons. The van der Waals surface area contributed by atoms with E-state index < -0.39 is 8.32 Å². The molecule has 0 spiro atoms. The predicted octanol–water partition coefficient (Wildman–Crippen LogP) is 3.49. The molecule has 0 saturated carbocycles. The van der Waals surface area contributed by atoms with Gasteiger partial charge in [-0.3, -0.25) is 0 Å². The van der Waals surface area contributed by atoms with Gasteiger partial charge in [0, 0.05) is 6.61 Å². The van der Waals surface area contributed by atoms with Gasteiger partial charge in [-0.2, -0.15) is 0 Å². The summed E-state index contributed by atoms with van der Waals surface area (Å²) >= 11 is 0. The summed E-state index contributed by atoms with van der Waals surface area (Å²) in [6.45, 7) is 16.1. The lowest BCUT2D eigenvalue weighted by atomic mass is 10.1. The number of aliphatic hydroxyl groups is 1. The summed E-state index contributed by atoms with van der Waals surface area (Å²) in [4.78, 5) is 0. The maximum absolute atomic E-state index is 9.12. The highest BCUT2D eigenvalue weighted by molar-refractivity contribution is 6.74. The first kappa shape index (κ1) is 16.9. The largest absolute Gasteiger partial charge is 0.417 e. The average molecular weight is 286 g/mol. The van der Waals surface area contributed by atoms with E-state index in [0.29, 0.717) is 0 Å². The molecule has 0 aromatic carbocycles. The highest BCUT2D eigenvalue weighted by atomic mass is 28.4. The van der Waals surface area contributed by atoms with Crippen LogP contribution in [0.4, 0.5) is 0 Å². The number of ether oxygens (including phenoxy) is 1. The third-order valence-electron chi connectivity index (χ3n) is 4.41. The van der Waals surface area contributed by atoms with Crippen molar-refractivity contribution >= 4 is 8.32 Å². The van der Waals surface area contributed by atoms with Gasteiger partial charge in [0.05, 0.1) is 12.7 Å². The van der Waals surface area contributed by atoms with E-state index in [0.717, 1.165) is 31.4 Å². The van der Waals surface area contributed by atoms with Crippen LogP contribution in [0.15, 0.2) is 12.2 Å². The smallest absolute Gasteiger partial charge is 0.191 e. The summed E-state index contributed by atoms with van der Waals surface area (Å²) in [6, 6.07) is 0. The van der Waals surface area contributed by atoms with Gasteiger partial charge in [0.15, 0.2) is 8.32 Å². The topological polar surface area (TPSA) is 38.7 Å². The molecule has 0 aromatic rings. The van der Waals surface area contributed by atoms with Crippen LogP contribution in [0.2, 0.25) is 18.1 Å². The van der Waals surface area contributed by atoms with E-state index in [1.165, 1.54) is 0 Å². The van der Waals surface area contributed by atoms with Gasteiger partial charge in [-0.15, -0.1) is 0 Å². The van der Waals surface area contributed by atoms with Gasteiger partial charge in [0.1, 0.15) is 6.10 Å².